The van der Waals surface area contributed by atoms with Crippen molar-refractivity contribution >= 4 is 5.69 Å². The first-order valence-electron chi connectivity index (χ1n) is 12.4. The molecule has 0 spiro atoms. The van der Waals surface area contributed by atoms with Gasteiger partial charge in [0, 0.05) is 13.1 Å². The van der Waals surface area contributed by atoms with Crippen molar-refractivity contribution in [1.82, 2.24) is 0 Å². The Bertz CT molecular complexity index is 1220. The van der Waals surface area contributed by atoms with Crippen molar-refractivity contribution in [3.05, 3.63) is 88.0 Å². The highest BCUT2D eigenvalue weighted by Gasteiger charge is 2.32. The van der Waals surface area contributed by atoms with Crippen molar-refractivity contribution < 1.29 is 4.74 Å². The van der Waals surface area contributed by atoms with E-state index in [1.54, 1.807) is 0 Å². The fourth-order valence-corrected chi connectivity index (χ4v) is 6.27. The second-order valence-electron chi connectivity index (χ2n) is 9.73. The third-order valence-corrected chi connectivity index (χ3v) is 7.88. The molecule has 0 saturated carbocycles. The summed E-state index contributed by atoms with van der Waals surface area (Å²) in [7, 11) is 0. The van der Waals surface area contributed by atoms with Gasteiger partial charge in [0.1, 0.15) is 6.07 Å². The van der Waals surface area contributed by atoms with Gasteiger partial charge in [-0.1, -0.05) is 54.6 Å². The molecule has 0 aromatic heterocycles. The molecule has 0 amide bonds. The van der Waals surface area contributed by atoms with E-state index in [1.807, 2.05) is 0 Å². The van der Waals surface area contributed by atoms with Gasteiger partial charge in [0.2, 0.25) is 0 Å². The van der Waals surface area contributed by atoms with E-state index in [1.165, 1.54) is 57.5 Å². The molecule has 1 saturated heterocycles. The molecule has 3 aromatic carbocycles. The van der Waals surface area contributed by atoms with E-state index in [9.17, 15) is 5.26 Å². The number of anilines is 1. The second-order valence-corrected chi connectivity index (χ2v) is 9.73. The number of fused-ring (bicyclic) bond motifs is 5. The van der Waals surface area contributed by atoms with Crippen LogP contribution in [0.25, 0.3) is 11.1 Å². The number of hydrogen-bond donors (Lipinski definition) is 0. The molecule has 0 atom stereocenters. The van der Waals surface area contributed by atoms with E-state index in [0.717, 1.165) is 50.3 Å². The molecule has 1 aliphatic carbocycles. The topological polar surface area (TPSA) is 36.3 Å². The number of piperidine rings is 1. The van der Waals surface area contributed by atoms with Crippen molar-refractivity contribution in [3.8, 4) is 17.2 Å². The summed E-state index contributed by atoms with van der Waals surface area (Å²) in [5, 5.41) is 10.3. The van der Waals surface area contributed by atoms with Crippen LogP contribution in [0.3, 0.4) is 0 Å². The molecule has 2 heterocycles. The smallest absolute Gasteiger partial charge is 0.102 e. The van der Waals surface area contributed by atoms with Gasteiger partial charge < -0.3 is 9.64 Å². The summed E-state index contributed by atoms with van der Waals surface area (Å²) in [6.07, 6.45) is 6.42. The lowest BCUT2D eigenvalue weighted by Gasteiger charge is -2.39. The van der Waals surface area contributed by atoms with Crippen molar-refractivity contribution in [3.63, 3.8) is 0 Å². The van der Waals surface area contributed by atoms with Gasteiger partial charge in [0.05, 0.1) is 24.5 Å². The Labute approximate surface area is 196 Å². The van der Waals surface area contributed by atoms with Gasteiger partial charge in [-0.2, -0.15) is 5.26 Å². The number of nitrogens with zero attached hydrogens (tertiary/aromatic N) is 2. The quantitative estimate of drug-likeness (QED) is 0.518. The molecule has 2 aliphatic heterocycles. The summed E-state index contributed by atoms with van der Waals surface area (Å²) in [6, 6.07) is 22.4. The number of benzene rings is 3. The minimum atomic E-state index is 0.625. The highest BCUT2D eigenvalue weighted by atomic mass is 16.5. The van der Waals surface area contributed by atoms with Crippen LogP contribution in [0.2, 0.25) is 0 Å². The Morgan fingerprint density at radius 1 is 0.879 bits per heavy atom. The van der Waals surface area contributed by atoms with Crippen LogP contribution in [-0.2, 0) is 37.0 Å². The Kier molecular flexibility index (Phi) is 5.40. The zero-order chi connectivity index (χ0) is 22.2. The normalized spacial score (nSPS) is 17.6. The maximum Gasteiger partial charge on any atom is 0.102 e. The van der Waals surface area contributed by atoms with Crippen LogP contribution < -0.4 is 4.90 Å². The lowest BCUT2D eigenvalue weighted by molar-refractivity contribution is 0.111. The fourth-order valence-electron chi connectivity index (χ4n) is 6.27. The van der Waals surface area contributed by atoms with Gasteiger partial charge in [-0.15, -0.1) is 0 Å². The molecular formula is C30H30N2O. The standard InChI is InChI=1S/C30H30N2O/c31-19-27-25-14-17-33-20-28(25)29-24-9-5-4-8-23(24)10-11-26(29)30(27)32-15-12-22(13-16-32)18-21-6-2-1-3-7-21/h1-9,22H,10-18,20H2. The van der Waals surface area contributed by atoms with Crippen molar-refractivity contribution in [2.75, 3.05) is 24.6 Å². The van der Waals surface area contributed by atoms with E-state index in [2.05, 4.69) is 65.6 Å². The zero-order valence-corrected chi connectivity index (χ0v) is 19.1. The van der Waals surface area contributed by atoms with Crippen LogP contribution in [0, 0.1) is 17.2 Å². The molecule has 6 rings (SSSR count). The van der Waals surface area contributed by atoms with E-state index >= 15 is 0 Å². The molecule has 0 unspecified atom stereocenters. The highest BCUT2D eigenvalue weighted by Crippen LogP contribution is 2.46. The monoisotopic (exact) mass is 434 g/mol. The maximum atomic E-state index is 10.3. The number of hydrogen-bond acceptors (Lipinski definition) is 3. The molecule has 3 nitrogen and oxygen atoms in total. The zero-order valence-electron chi connectivity index (χ0n) is 19.1. The lowest BCUT2D eigenvalue weighted by atomic mass is 9.77. The van der Waals surface area contributed by atoms with E-state index in [0.29, 0.717) is 13.2 Å². The molecule has 0 radical (unpaired) electrons. The first kappa shape index (κ1) is 20.5. The maximum absolute atomic E-state index is 10.3. The number of nitriles is 1. The lowest BCUT2D eigenvalue weighted by Crippen LogP contribution is -2.36. The summed E-state index contributed by atoms with van der Waals surface area (Å²) in [6.45, 7) is 3.41. The van der Waals surface area contributed by atoms with Crippen LogP contribution in [0.4, 0.5) is 5.69 Å². The third-order valence-electron chi connectivity index (χ3n) is 7.88. The van der Waals surface area contributed by atoms with Crippen molar-refractivity contribution in [2.45, 2.75) is 45.1 Å². The fraction of sp³-hybridized carbons (Fsp3) is 0.367. The molecule has 0 N–H and O–H groups in total. The molecular weight excluding hydrogens is 404 g/mol. The number of aryl methyl sites for hydroxylation is 1. The van der Waals surface area contributed by atoms with Gasteiger partial charge in [-0.3, -0.25) is 0 Å². The summed E-state index contributed by atoms with van der Waals surface area (Å²) in [5.41, 5.74) is 11.6. The van der Waals surface area contributed by atoms with Gasteiger partial charge in [-0.25, -0.2) is 0 Å². The van der Waals surface area contributed by atoms with Crippen LogP contribution in [0.15, 0.2) is 54.6 Å². The van der Waals surface area contributed by atoms with Gasteiger partial charge in [-0.05, 0) is 83.4 Å². The predicted octanol–water partition coefficient (Wildman–Crippen LogP) is 5.86. The second kappa shape index (κ2) is 8.69. The Morgan fingerprint density at radius 3 is 2.48 bits per heavy atom. The summed E-state index contributed by atoms with van der Waals surface area (Å²) < 4.78 is 5.91. The van der Waals surface area contributed by atoms with Gasteiger partial charge in [0.15, 0.2) is 0 Å². The molecule has 0 bridgehead atoms. The SMILES string of the molecule is N#Cc1c2c(c3c(c1N1CCC(Cc4ccccc4)CC1)CCc1ccccc1-3)COCC2. The van der Waals surface area contributed by atoms with Crippen molar-refractivity contribution in [2.24, 2.45) is 5.92 Å². The third kappa shape index (κ3) is 3.63. The first-order chi connectivity index (χ1) is 16.3. The largest absolute Gasteiger partial charge is 0.376 e. The summed E-state index contributed by atoms with van der Waals surface area (Å²) in [5.74, 6) is 0.719. The minimum absolute atomic E-state index is 0.625. The summed E-state index contributed by atoms with van der Waals surface area (Å²) >= 11 is 0. The molecule has 33 heavy (non-hydrogen) atoms. The van der Waals surface area contributed by atoms with E-state index in [-0.39, 0.29) is 0 Å². The first-order valence-corrected chi connectivity index (χ1v) is 12.4. The average Bonchev–Trinajstić information content (AvgIpc) is 2.88. The van der Waals surface area contributed by atoms with Crippen LogP contribution in [-0.4, -0.2) is 19.7 Å². The Balaban J connectivity index is 1.39. The predicted molar refractivity (Wildman–Crippen MR) is 132 cm³/mol. The number of rotatable bonds is 3. The van der Waals surface area contributed by atoms with Crippen molar-refractivity contribution in [1.29, 1.82) is 5.26 Å². The van der Waals surface area contributed by atoms with E-state index < -0.39 is 0 Å². The van der Waals surface area contributed by atoms with Crippen LogP contribution in [0.1, 0.15) is 46.2 Å². The number of ether oxygens (including phenoxy) is 1. The van der Waals surface area contributed by atoms with Crippen LogP contribution >= 0.6 is 0 Å². The minimum Gasteiger partial charge on any atom is -0.376 e. The van der Waals surface area contributed by atoms with Crippen LogP contribution in [0.5, 0.6) is 0 Å². The average molecular weight is 435 g/mol. The van der Waals surface area contributed by atoms with Gasteiger partial charge >= 0.3 is 0 Å². The molecule has 3 aromatic rings. The molecule has 3 aliphatic rings. The highest BCUT2D eigenvalue weighted by molar-refractivity contribution is 5.86. The molecule has 166 valence electrons. The Hall–Kier alpha value is -3.09. The van der Waals surface area contributed by atoms with E-state index in [4.69, 9.17) is 4.74 Å². The Morgan fingerprint density at radius 2 is 1.67 bits per heavy atom. The molecule has 3 heteroatoms. The molecule has 1 fully saturated rings. The summed E-state index contributed by atoms with van der Waals surface area (Å²) in [4.78, 5) is 2.54. The van der Waals surface area contributed by atoms with Gasteiger partial charge in [0.25, 0.3) is 0 Å².